The van der Waals surface area contributed by atoms with Gasteiger partial charge in [-0.15, -0.1) is 0 Å². The number of rotatable bonds is 3. The summed E-state index contributed by atoms with van der Waals surface area (Å²) in [5, 5.41) is 9.95. The third kappa shape index (κ3) is 4.71. The van der Waals surface area contributed by atoms with Gasteiger partial charge in [0.25, 0.3) is 5.91 Å². The number of benzene rings is 1. The van der Waals surface area contributed by atoms with Gasteiger partial charge in [-0.3, -0.25) is 9.69 Å². The number of aryl methyl sites for hydroxylation is 1. The maximum Gasteiger partial charge on any atom is 0.494 e. The van der Waals surface area contributed by atoms with Gasteiger partial charge in [0.2, 0.25) is 0 Å². The Hall–Kier alpha value is -3.02. The molecule has 3 aliphatic rings. The molecule has 5 rings (SSSR count). The van der Waals surface area contributed by atoms with Gasteiger partial charge < -0.3 is 24.1 Å². The summed E-state index contributed by atoms with van der Waals surface area (Å²) in [4.78, 5) is 36.9. The Kier molecular flexibility index (Phi) is 6.50. The second kappa shape index (κ2) is 9.38. The summed E-state index contributed by atoms with van der Waals surface area (Å²) in [5.74, 6) is 0.450. The first-order valence-electron chi connectivity index (χ1n) is 12.6. The Balaban J connectivity index is 1.54. The molecule has 3 aliphatic heterocycles. The minimum atomic E-state index is -0.997. The zero-order chi connectivity index (χ0) is 26.5. The highest BCUT2D eigenvalue weighted by Gasteiger charge is 2.52. The molecule has 0 saturated carbocycles. The van der Waals surface area contributed by atoms with E-state index in [9.17, 15) is 14.7 Å². The number of carboxylic acid groups (broad SMARTS) is 1. The van der Waals surface area contributed by atoms with Crippen LogP contribution in [0.5, 0.6) is 0 Å². The molecule has 0 bridgehead atoms. The first-order valence-corrected chi connectivity index (χ1v) is 12.6. The van der Waals surface area contributed by atoms with Gasteiger partial charge in [0.15, 0.2) is 0 Å². The van der Waals surface area contributed by atoms with Crippen LogP contribution in [-0.4, -0.2) is 81.5 Å². The lowest BCUT2D eigenvalue weighted by Crippen LogP contribution is -2.45. The van der Waals surface area contributed by atoms with E-state index in [0.717, 1.165) is 22.2 Å². The average molecular weight is 508 g/mol. The number of carbonyl (C=O) groups is 2. The van der Waals surface area contributed by atoms with Gasteiger partial charge in [-0.05, 0) is 63.2 Å². The number of hydrogen-bond acceptors (Lipinski definition) is 7. The van der Waals surface area contributed by atoms with E-state index < -0.39 is 30.5 Å². The number of hydrogen-bond donors (Lipinski definition) is 1. The molecule has 0 aliphatic carbocycles. The van der Waals surface area contributed by atoms with Crippen LogP contribution in [0.4, 0.5) is 4.79 Å². The first kappa shape index (κ1) is 25.6. The van der Waals surface area contributed by atoms with Crippen LogP contribution in [0.3, 0.4) is 0 Å². The highest BCUT2D eigenvalue weighted by atomic mass is 16.7. The Morgan fingerprint density at radius 1 is 1.08 bits per heavy atom. The van der Waals surface area contributed by atoms with Crippen molar-refractivity contribution in [3.63, 3.8) is 0 Å². The van der Waals surface area contributed by atoms with Crippen molar-refractivity contribution in [2.45, 2.75) is 64.8 Å². The van der Waals surface area contributed by atoms with Crippen molar-refractivity contribution in [1.82, 2.24) is 19.8 Å². The molecule has 196 valence electrons. The molecule has 37 heavy (non-hydrogen) atoms. The predicted molar refractivity (Wildman–Crippen MR) is 136 cm³/mol. The maximum atomic E-state index is 13.3. The summed E-state index contributed by atoms with van der Waals surface area (Å²) in [6.07, 6.45) is 2.71. The molecule has 1 N–H and O–H groups in total. The number of morpholine rings is 1. The monoisotopic (exact) mass is 508 g/mol. The Morgan fingerprint density at radius 3 is 2.41 bits per heavy atom. The van der Waals surface area contributed by atoms with E-state index in [1.165, 1.54) is 4.90 Å². The molecule has 2 amide bonds. The molecule has 2 fully saturated rings. The average Bonchev–Trinajstić information content (AvgIpc) is 3.09. The number of aromatic nitrogens is 2. The number of fused-ring (bicyclic) bond motifs is 1. The summed E-state index contributed by atoms with van der Waals surface area (Å²) in [5.41, 5.74) is 3.08. The second-order valence-corrected chi connectivity index (χ2v) is 10.9. The van der Waals surface area contributed by atoms with Crippen molar-refractivity contribution in [2.24, 2.45) is 0 Å². The molecular formula is C26H33BN4O6. The Bertz CT molecular complexity index is 1200. The minimum absolute atomic E-state index is 0.151. The fourth-order valence-electron chi connectivity index (χ4n) is 5.09. The van der Waals surface area contributed by atoms with Gasteiger partial charge in [0, 0.05) is 32.0 Å². The Labute approximate surface area is 217 Å². The lowest BCUT2D eigenvalue weighted by molar-refractivity contribution is -0.00145. The van der Waals surface area contributed by atoms with Crippen LogP contribution in [0.25, 0.3) is 0 Å². The van der Waals surface area contributed by atoms with Crippen LogP contribution in [0.15, 0.2) is 24.5 Å². The van der Waals surface area contributed by atoms with Crippen molar-refractivity contribution in [3.05, 3.63) is 52.6 Å². The maximum absolute atomic E-state index is 13.3. The highest BCUT2D eigenvalue weighted by Crippen LogP contribution is 2.38. The van der Waals surface area contributed by atoms with Crippen molar-refractivity contribution in [2.75, 3.05) is 26.3 Å². The number of nitrogens with zero attached hydrogens (tertiary/aromatic N) is 4. The quantitative estimate of drug-likeness (QED) is 0.629. The molecule has 10 nitrogen and oxygen atoms in total. The van der Waals surface area contributed by atoms with E-state index in [4.69, 9.17) is 14.0 Å². The normalized spacial score (nSPS) is 22.6. The van der Waals surface area contributed by atoms with Gasteiger partial charge in [0.1, 0.15) is 5.82 Å². The predicted octanol–water partition coefficient (Wildman–Crippen LogP) is 2.33. The largest absolute Gasteiger partial charge is 0.494 e. The third-order valence-electron chi connectivity index (χ3n) is 7.97. The van der Waals surface area contributed by atoms with Crippen molar-refractivity contribution in [1.29, 1.82) is 0 Å². The zero-order valence-corrected chi connectivity index (χ0v) is 22.0. The number of carbonyl (C=O) groups excluding carboxylic acids is 1. The standard InChI is InChI=1S/C26H33BN4O6/c1-16-28-12-18(13-29-16)23(32)30-7-6-17-10-19(27-36-25(2,3)26(4,5)37-27)11-20(21(17)14-30)22-15-35-9-8-31(22)24(33)34/h10-13,22H,6-9,14-15H2,1-5H3,(H,33,34)/t22-/m0/s1. The van der Waals surface area contributed by atoms with Crippen molar-refractivity contribution >= 4 is 24.6 Å². The van der Waals surface area contributed by atoms with Gasteiger partial charge in [-0.2, -0.15) is 0 Å². The van der Waals surface area contributed by atoms with Crippen LogP contribution in [0.2, 0.25) is 0 Å². The van der Waals surface area contributed by atoms with Crippen LogP contribution in [0.1, 0.15) is 66.6 Å². The van der Waals surface area contributed by atoms with Gasteiger partial charge >= 0.3 is 13.2 Å². The topological polar surface area (TPSA) is 114 Å². The first-order chi connectivity index (χ1) is 17.5. The van der Waals surface area contributed by atoms with E-state index in [2.05, 4.69) is 16.0 Å². The molecule has 0 unspecified atom stereocenters. The SMILES string of the molecule is Cc1ncc(C(=O)N2CCc3cc(B4OC(C)(C)C(C)(C)O4)cc([C@@H]4COCCN4C(=O)O)c3C2)cn1. The fraction of sp³-hybridized carbons (Fsp3) is 0.538. The van der Waals surface area contributed by atoms with E-state index >= 15 is 0 Å². The summed E-state index contributed by atoms with van der Waals surface area (Å²) >= 11 is 0. The van der Waals surface area contributed by atoms with Gasteiger partial charge in [0.05, 0.1) is 36.0 Å². The fourth-order valence-corrected chi connectivity index (χ4v) is 5.09. The van der Waals surface area contributed by atoms with Crippen LogP contribution >= 0.6 is 0 Å². The zero-order valence-electron chi connectivity index (χ0n) is 22.0. The molecule has 0 spiro atoms. The smallest absolute Gasteiger partial charge is 0.465 e. The summed E-state index contributed by atoms with van der Waals surface area (Å²) in [6.45, 7) is 11.5. The van der Waals surface area contributed by atoms with Crippen molar-refractivity contribution in [3.8, 4) is 0 Å². The number of ether oxygens (including phenoxy) is 1. The molecule has 4 heterocycles. The molecule has 1 atom stereocenters. The van der Waals surface area contributed by atoms with Crippen LogP contribution in [-0.2, 0) is 27.0 Å². The molecule has 0 radical (unpaired) electrons. The van der Waals surface area contributed by atoms with E-state index in [-0.39, 0.29) is 19.1 Å². The molecule has 1 aromatic heterocycles. The molecule has 2 aromatic rings. The van der Waals surface area contributed by atoms with E-state index in [1.807, 2.05) is 33.8 Å². The lowest BCUT2D eigenvalue weighted by atomic mass is 9.74. The van der Waals surface area contributed by atoms with Crippen LogP contribution in [0, 0.1) is 6.92 Å². The molecular weight excluding hydrogens is 475 g/mol. The Morgan fingerprint density at radius 2 is 1.76 bits per heavy atom. The number of amides is 2. The van der Waals surface area contributed by atoms with E-state index in [1.54, 1.807) is 24.2 Å². The third-order valence-corrected chi connectivity index (χ3v) is 7.97. The summed E-state index contributed by atoms with van der Waals surface area (Å²) in [6, 6.07) is 3.55. The van der Waals surface area contributed by atoms with E-state index in [0.29, 0.717) is 37.5 Å². The van der Waals surface area contributed by atoms with Crippen LogP contribution < -0.4 is 5.46 Å². The summed E-state index contributed by atoms with van der Waals surface area (Å²) < 4.78 is 18.4. The highest BCUT2D eigenvalue weighted by molar-refractivity contribution is 6.62. The minimum Gasteiger partial charge on any atom is -0.465 e. The van der Waals surface area contributed by atoms with Gasteiger partial charge in [-0.25, -0.2) is 14.8 Å². The second-order valence-electron chi connectivity index (χ2n) is 10.9. The molecule has 2 saturated heterocycles. The van der Waals surface area contributed by atoms with Gasteiger partial charge in [-0.1, -0.05) is 12.1 Å². The lowest BCUT2D eigenvalue weighted by Gasteiger charge is -2.38. The van der Waals surface area contributed by atoms with Crippen molar-refractivity contribution < 1.29 is 28.7 Å². The molecule has 11 heteroatoms. The summed E-state index contributed by atoms with van der Waals surface area (Å²) in [7, 11) is -0.582. The molecule has 1 aromatic carbocycles.